The van der Waals surface area contributed by atoms with Gasteiger partial charge in [0.2, 0.25) is 0 Å². The van der Waals surface area contributed by atoms with Crippen molar-refractivity contribution in [2.75, 3.05) is 5.32 Å². The van der Waals surface area contributed by atoms with Gasteiger partial charge < -0.3 is 10.1 Å². The Morgan fingerprint density at radius 1 is 1.12 bits per heavy atom. The molecule has 0 aliphatic heterocycles. The number of amides is 1. The number of ether oxygens (including phenoxy) is 1. The van der Waals surface area contributed by atoms with Crippen LogP contribution in [0.5, 0.6) is 5.75 Å². The largest absolute Gasteiger partial charge is 0.480 e. The number of carbonyl (C=O) groups excluding carboxylic acids is 1. The van der Waals surface area contributed by atoms with Gasteiger partial charge in [-0.2, -0.15) is 0 Å². The summed E-state index contributed by atoms with van der Waals surface area (Å²) in [7, 11) is 0. The van der Waals surface area contributed by atoms with Gasteiger partial charge in [0, 0.05) is 16.1 Å². The molecule has 3 aromatic carbocycles. The van der Waals surface area contributed by atoms with Crippen molar-refractivity contribution in [1.82, 2.24) is 0 Å². The van der Waals surface area contributed by atoms with Crippen molar-refractivity contribution >= 4 is 34.0 Å². The third kappa shape index (κ3) is 3.94. The van der Waals surface area contributed by atoms with Gasteiger partial charge in [0.1, 0.15) is 5.75 Å². The molecule has 1 amide bonds. The van der Waals surface area contributed by atoms with E-state index < -0.39 is 6.10 Å². The van der Waals surface area contributed by atoms with Crippen LogP contribution in [0.1, 0.15) is 18.9 Å². The molecule has 128 valence electrons. The smallest absolute Gasteiger partial charge is 0.265 e. The summed E-state index contributed by atoms with van der Waals surface area (Å²) in [5.74, 6) is 0.550. The summed E-state index contributed by atoms with van der Waals surface area (Å²) in [4.78, 5) is 12.7. The molecule has 3 aromatic rings. The predicted octanol–water partition coefficient (Wildman–Crippen LogP) is 5.60. The molecule has 0 aromatic heterocycles. The van der Waals surface area contributed by atoms with Crippen molar-refractivity contribution in [2.24, 2.45) is 0 Å². The topological polar surface area (TPSA) is 38.3 Å². The van der Waals surface area contributed by atoms with E-state index in [9.17, 15) is 4.79 Å². The van der Waals surface area contributed by atoms with Gasteiger partial charge in [0.25, 0.3) is 5.91 Å². The zero-order valence-electron chi connectivity index (χ0n) is 14.3. The molecule has 0 radical (unpaired) electrons. The summed E-state index contributed by atoms with van der Waals surface area (Å²) in [6, 6.07) is 19.2. The Hall–Kier alpha value is -2.52. The summed E-state index contributed by atoms with van der Waals surface area (Å²) >= 11 is 5.97. The van der Waals surface area contributed by atoms with Crippen molar-refractivity contribution in [3.63, 3.8) is 0 Å². The monoisotopic (exact) mass is 353 g/mol. The summed E-state index contributed by atoms with van der Waals surface area (Å²) < 4.78 is 6.04. The number of fused-ring (bicyclic) bond motifs is 1. The van der Waals surface area contributed by atoms with Crippen molar-refractivity contribution < 1.29 is 9.53 Å². The van der Waals surface area contributed by atoms with Gasteiger partial charge in [-0.3, -0.25) is 4.79 Å². The molecule has 1 atom stereocenters. The van der Waals surface area contributed by atoms with E-state index in [1.54, 1.807) is 12.1 Å². The summed E-state index contributed by atoms with van der Waals surface area (Å²) in [5, 5.41) is 5.67. The minimum Gasteiger partial charge on any atom is -0.480 e. The van der Waals surface area contributed by atoms with Crippen LogP contribution in [-0.4, -0.2) is 12.0 Å². The first-order valence-corrected chi connectivity index (χ1v) is 8.67. The van der Waals surface area contributed by atoms with E-state index in [1.807, 2.05) is 62.4 Å². The lowest BCUT2D eigenvalue weighted by molar-refractivity contribution is -0.122. The molecular weight excluding hydrogens is 334 g/mol. The molecule has 0 aliphatic rings. The summed E-state index contributed by atoms with van der Waals surface area (Å²) in [5.41, 5.74) is 1.66. The Morgan fingerprint density at radius 3 is 2.64 bits per heavy atom. The lowest BCUT2D eigenvalue weighted by atomic mass is 10.1. The Bertz CT molecular complexity index is 902. The standard InChI is InChI=1S/C21H20ClNO2/c1-3-19(21(24)23-18-12-11-16(22)13-14(18)2)25-20-10-6-8-15-7-4-5-9-17(15)20/h4-13,19H,3H2,1-2H3,(H,23,24)/t19-/m1/s1. The molecule has 0 spiro atoms. The zero-order valence-corrected chi connectivity index (χ0v) is 15.0. The summed E-state index contributed by atoms with van der Waals surface area (Å²) in [6.07, 6.45) is 0.00250. The summed E-state index contributed by atoms with van der Waals surface area (Å²) in [6.45, 7) is 3.85. The molecule has 25 heavy (non-hydrogen) atoms. The fourth-order valence-electron chi connectivity index (χ4n) is 2.75. The minimum atomic E-state index is -0.569. The number of benzene rings is 3. The molecule has 0 bridgehead atoms. The lowest BCUT2D eigenvalue weighted by Gasteiger charge is -2.19. The van der Waals surface area contributed by atoms with Gasteiger partial charge in [0.15, 0.2) is 6.10 Å². The van der Waals surface area contributed by atoms with Crippen molar-refractivity contribution in [1.29, 1.82) is 0 Å². The molecule has 3 nitrogen and oxygen atoms in total. The Balaban J connectivity index is 1.80. The number of hydrogen-bond acceptors (Lipinski definition) is 2. The number of aryl methyl sites for hydroxylation is 1. The Labute approximate surface area is 152 Å². The average Bonchev–Trinajstić information content (AvgIpc) is 2.62. The maximum absolute atomic E-state index is 12.7. The number of carbonyl (C=O) groups is 1. The highest BCUT2D eigenvalue weighted by Gasteiger charge is 2.20. The molecule has 0 heterocycles. The van der Waals surface area contributed by atoms with Crippen LogP contribution < -0.4 is 10.1 Å². The van der Waals surface area contributed by atoms with E-state index in [0.717, 1.165) is 22.0 Å². The second-order valence-electron chi connectivity index (χ2n) is 5.94. The SMILES string of the molecule is CC[C@@H](Oc1cccc2ccccc12)C(=O)Nc1ccc(Cl)cc1C. The molecule has 4 heteroatoms. The van der Waals surface area contributed by atoms with Gasteiger partial charge >= 0.3 is 0 Å². The molecule has 0 aliphatic carbocycles. The highest BCUT2D eigenvalue weighted by atomic mass is 35.5. The van der Waals surface area contributed by atoms with Crippen molar-refractivity contribution in [2.45, 2.75) is 26.4 Å². The Kier molecular flexibility index (Phi) is 5.25. The number of halogens is 1. The zero-order chi connectivity index (χ0) is 17.8. The molecule has 0 unspecified atom stereocenters. The van der Waals surface area contributed by atoms with Crippen LogP contribution in [0.2, 0.25) is 5.02 Å². The Morgan fingerprint density at radius 2 is 1.88 bits per heavy atom. The van der Waals surface area contributed by atoms with Gasteiger partial charge in [-0.15, -0.1) is 0 Å². The maximum atomic E-state index is 12.7. The first kappa shape index (κ1) is 17.3. The fourth-order valence-corrected chi connectivity index (χ4v) is 2.98. The fraction of sp³-hybridized carbons (Fsp3) is 0.190. The van der Waals surface area contributed by atoms with Gasteiger partial charge in [0.05, 0.1) is 0 Å². The first-order valence-electron chi connectivity index (χ1n) is 8.30. The highest BCUT2D eigenvalue weighted by Crippen LogP contribution is 2.27. The van der Waals surface area contributed by atoms with Crippen LogP contribution in [0.15, 0.2) is 60.7 Å². The highest BCUT2D eigenvalue weighted by molar-refractivity contribution is 6.30. The van der Waals surface area contributed by atoms with E-state index >= 15 is 0 Å². The molecule has 0 saturated carbocycles. The molecule has 0 saturated heterocycles. The lowest BCUT2D eigenvalue weighted by Crippen LogP contribution is -2.32. The van der Waals surface area contributed by atoms with Crippen LogP contribution in [0.3, 0.4) is 0 Å². The third-order valence-electron chi connectivity index (χ3n) is 4.13. The number of anilines is 1. The van der Waals surface area contributed by atoms with Crippen LogP contribution in [-0.2, 0) is 4.79 Å². The van der Waals surface area contributed by atoms with Gasteiger partial charge in [-0.25, -0.2) is 0 Å². The minimum absolute atomic E-state index is 0.166. The van der Waals surface area contributed by atoms with Crippen LogP contribution in [0.25, 0.3) is 10.8 Å². The van der Waals surface area contributed by atoms with Gasteiger partial charge in [-0.05, 0) is 48.6 Å². The van der Waals surface area contributed by atoms with Crippen LogP contribution in [0.4, 0.5) is 5.69 Å². The average molecular weight is 354 g/mol. The van der Waals surface area contributed by atoms with E-state index in [4.69, 9.17) is 16.3 Å². The number of nitrogens with one attached hydrogen (secondary N) is 1. The van der Waals surface area contributed by atoms with Crippen molar-refractivity contribution in [3.8, 4) is 5.75 Å². The van der Waals surface area contributed by atoms with E-state index in [2.05, 4.69) is 5.32 Å². The second kappa shape index (κ2) is 7.58. The van der Waals surface area contributed by atoms with Crippen molar-refractivity contribution in [3.05, 3.63) is 71.2 Å². The normalized spacial score (nSPS) is 12.0. The quantitative estimate of drug-likeness (QED) is 0.648. The second-order valence-corrected chi connectivity index (χ2v) is 6.38. The number of rotatable bonds is 5. The molecule has 1 N–H and O–H groups in total. The maximum Gasteiger partial charge on any atom is 0.265 e. The molecule has 3 rings (SSSR count). The van der Waals surface area contributed by atoms with Gasteiger partial charge in [-0.1, -0.05) is 54.9 Å². The van der Waals surface area contributed by atoms with E-state index in [1.165, 1.54) is 0 Å². The van der Waals surface area contributed by atoms with E-state index in [-0.39, 0.29) is 5.91 Å². The third-order valence-corrected chi connectivity index (χ3v) is 4.36. The molecule has 0 fully saturated rings. The van der Waals surface area contributed by atoms with Crippen LogP contribution >= 0.6 is 11.6 Å². The first-order chi connectivity index (χ1) is 12.1. The molecular formula is C21H20ClNO2. The number of hydrogen-bond donors (Lipinski definition) is 1. The van der Waals surface area contributed by atoms with Crippen LogP contribution in [0, 0.1) is 6.92 Å². The van der Waals surface area contributed by atoms with E-state index in [0.29, 0.717) is 17.2 Å². The predicted molar refractivity (Wildman–Crippen MR) is 103 cm³/mol.